The standard InChI is InChI=1S/C18H20ClN3O2/c19-16-4-2-1-3-15(16)13-21-7-9-22(10-8-21)20-12-14-5-6-17(23)18(24)11-14/h1-6,11-12,23-24H,7-10,13H2. The molecule has 2 aromatic carbocycles. The van der Waals surface area contributed by atoms with Gasteiger partial charge in [0.2, 0.25) is 0 Å². The van der Waals surface area contributed by atoms with Gasteiger partial charge >= 0.3 is 0 Å². The highest BCUT2D eigenvalue weighted by molar-refractivity contribution is 6.31. The van der Waals surface area contributed by atoms with E-state index in [1.165, 1.54) is 12.1 Å². The number of hydrogen-bond acceptors (Lipinski definition) is 5. The number of phenolic OH excluding ortho intramolecular Hbond substituents is 2. The van der Waals surface area contributed by atoms with Crippen molar-refractivity contribution in [2.75, 3.05) is 26.2 Å². The molecule has 1 fully saturated rings. The molecule has 5 nitrogen and oxygen atoms in total. The molecule has 2 aromatic rings. The fourth-order valence-electron chi connectivity index (χ4n) is 2.65. The largest absolute Gasteiger partial charge is 0.504 e. The smallest absolute Gasteiger partial charge is 0.158 e. The molecule has 1 aliphatic rings. The second-order valence-corrected chi connectivity index (χ2v) is 6.22. The minimum Gasteiger partial charge on any atom is -0.504 e. The van der Waals surface area contributed by atoms with Gasteiger partial charge in [0.05, 0.1) is 6.21 Å². The van der Waals surface area contributed by atoms with Gasteiger partial charge in [-0.1, -0.05) is 29.8 Å². The second kappa shape index (κ2) is 7.55. The van der Waals surface area contributed by atoms with E-state index < -0.39 is 0 Å². The minimum atomic E-state index is -0.136. The lowest BCUT2D eigenvalue weighted by molar-refractivity contribution is 0.131. The van der Waals surface area contributed by atoms with Crippen molar-refractivity contribution in [1.29, 1.82) is 0 Å². The van der Waals surface area contributed by atoms with Crippen molar-refractivity contribution in [1.82, 2.24) is 9.91 Å². The predicted octanol–water partition coefficient (Wildman–Crippen LogP) is 2.90. The molecular formula is C18H20ClN3O2. The third kappa shape index (κ3) is 4.19. The van der Waals surface area contributed by atoms with E-state index in [1.807, 2.05) is 23.2 Å². The Kier molecular flexibility index (Phi) is 5.23. The van der Waals surface area contributed by atoms with E-state index in [4.69, 9.17) is 11.6 Å². The molecule has 0 saturated carbocycles. The number of hydrogen-bond donors (Lipinski definition) is 2. The maximum atomic E-state index is 9.49. The first kappa shape index (κ1) is 16.6. The summed E-state index contributed by atoms with van der Waals surface area (Å²) in [6, 6.07) is 12.6. The Morgan fingerprint density at radius 2 is 1.75 bits per heavy atom. The summed E-state index contributed by atoms with van der Waals surface area (Å²) in [5.74, 6) is -0.260. The molecule has 2 N–H and O–H groups in total. The van der Waals surface area contributed by atoms with E-state index in [9.17, 15) is 10.2 Å². The molecule has 0 spiro atoms. The Balaban J connectivity index is 1.52. The van der Waals surface area contributed by atoms with E-state index in [-0.39, 0.29) is 11.5 Å². The van der Waals surface area contributed by atoms with Crippen molar-refractivity contribution < 1.29 is 10.2 Å². The monoisotopic (exact) mass is 345 g/mol. The van der Waals surface area contributed by atoms with Crippen LogP contribution in [0.25, 0.3) is 0 Å². The van der Waals surface area contributed by atoms with Gasteiger partial charge in [0.25, 0.3) is 0 Å². The molecule has 24 heavy (non-hydrogen) atoms. The number of hydrazone groups is 1. The minimum absolute atomic E-state index is 0.125. The number of nitrogens with zero attached hydrogens (tertiary/aromatic N) is 3. The molecule has 6 heteroatoms. The van der Waals surface area contributed by atoms with Crippen molar-refractivity contribution in [3.8, 4) is 11.5 Å². The van der Waals surface area contributed by atoms with Gasteiger partial charge in [0, 0.05) is 37.7 Å². The van der Waals surface area contributed by atoms with E-state index in [2.05, 4.69) is 16.1 Å². The van der Waals surface area contributed by atoms with Gasteiger partial charge < -0.3 is 10.2 Å². The quantitative estimate of drug-likeness (QED) is 0.661. The van der Waals surface area contributed by atoms with Crippen LogP contribution in [0.5, 0.6) is 11.5 Å². The maximum absolute atomic E-state index is 9.49. The lowest BCUT2D eigenvalue weighted by Crippen LogP contribution is -2.43. The van der Waals surface area contributed by atoms with Crippen LogP contribution in [0.4, 0.5) is 0 Å². The fraction of sp³-hybridized carbons (Fsp3) is 0.278. The molecule has 0 atom stereocenters. The first-order chi connectivity index (χ1) is 11.6. The fourth-order valence-corrected chi connectivity index (χ4v) is 2.84. The summed E-state index contributed by atoms with van der Waals surface area (Å²) in [5.41, 5.74) is 1.90. The predicted molar refractivity (Wildman–Crippen MR) is 95.7 cm³/mol. The van der Waals surface area contributed by atoms with Crippen LogP contribution >= 0.6 is 11.6 Å². The highest BCUT2D eigenvalue weighted by atomic mass is 35.5. The van der Waals surface area contributed by atoms with Crippen molar-refractivity contribution in [3.05, 3.63) is 58.6 Å². The highest BCUT2D eigenvalue weighted by Gasteiger charge is 2.16. The molecule has 0 amide bonds. The van der Waals surface area contributed by atoms with Crippen LogP contribution in [-0.2, 0) is 6.54 Å². The SMILES string of the molecule is Oc1ccc(C=NN2CCN(Cc3ccccc3Cl)CC2)cc1O. The Hall–Kier alpha value is -2.24. The third-order valence-corrected chi connectivity index (χ3v) is 4.44. The van der Waals surface area contributed by atoms with E-state index >= 15 is 0 Å². The molecule has 1 heterocycles. The number of piperazine rings is 1. The average Bonchev–Trinajstić information content (AvgIpc) is 2.59. The zero-order chi connectivity index (χ0) is 16.9. The summed E-state index contributed by atoms with van der Waals surface area (Å²) in [7, 11) is 0. The Morgan fingerprint density at radius 3 is 2.46 bits per heavy atom. The van der Waals surface area contributed by atoms with E-state index in [1.54, 1.807) is 12.3 Å². The van der Waals surface area contributed by atoms with Gasteiger partial charge in [-0.2, -0.15) is 5.10 Å². The number of phenols is 2. The molecule has 1 saturated heterocycles. The molecule has 3 rings (SSSR count). The van der Waals surface area contributed by atoms with Crippen LogP contribution in [-0.4, -0.2) is 52.5 Å². The van der Waals surface area contributed by atoms with Gasteiger partial charge in [-0.05, 0) is 35.4 Å². The van der Waals surface area contributed by atoms with Crippen molar-refractivity contribution in [2.24, 2.45) is 5.10 Å². The van der Waals surface area contributed by atoms with Crippen LogP contribution in [0.1, 0.15) is 11.1 Å². The highest BCUT2D eigenvalue weighted by Crippen LogP contribution is 2.24. The normalized spacial score (nSPS) is 16.0. The maximum Gasteiger partial charge on any atom is 0.158 e. The summed E-state index contributed by atoms with van der Waals surface area (Å²) in [6.07, 6.45) is 1.70. The van der Waals surface area contributed by atoms with Crippen LogP contribution < -0.4 is 0 Å². The van der Waals surface area contributed by atoms with Crippen LogP contribution in [0.15, 0.2) is 47.6 Å². The van der Waals surface area contributed by atoms with Crippen LogP contribution in [0.2, 0.25) is 5.02 Å². The van der Waals surface area contributed by atoms with Gasteiger partial charge in [-0.15, -0.1) is 0 Å². The molecule has 0 bridgehead atoms. The summed E-state index contributed by atoms with van der Waals surface area (Å²) in [4.78, 5) is 2.36. The Bertz CT molecular complexity index is 728. The average molecular weight is 346 g/mol. The zero-order valence-electron chi connectivity index (χ0n) is 13.3. The number of halogens is 1. The Labute approximate surface area is 146 Å². The van der Waals surface area contributed by atoms with E-state index in [0.717, 1.165) is 48.9 Å². The van der Waals surface area contributed by atoms with E-state index in [0.29, 0.717) is 0 Å². The molecule has 0 aromatic heterocycles. The van der Waals surface area contributed by atoms with Crippen molar-refractivity contribution >= 4 is 17.8 Å². The zero-order valence-corrected chi connectivity index (χ0v) is 14.0. The lowest BCUT2D eigenvalue weighted by atomic mass is 10.2. The van der Waals surface area contributed by atoms with Crippen molar-refractivity contribution in [3.63, 3.8) is 0 Å². The summed E-state index contributed by atoms with van der Waals surface area (Å²) in [5, 5.41) is 26.1. The topological polar surface area (TPSA) is 59.3 Å². The molecule has 1 aliphatic heterocycles. The lowest BCUT2D eigenvalue weighted by Gasteiger charge is -2.33. The van der Waals surface area contributed by atoms with Crippen LogP contribution in [0, 0.1) is 0 Å². The number of aromatic hydroxyl groups is 2. The molecule has 0 aliphatic carbocycles. The summed E-state index contributed by atoms with van der Waals surface area (Å²) < 4.78 is 0. The third-order valence-electron chi connectivity index (χ3n) is 4.07. The summed E-state index contributed by atoms with van der Waals surface area (Å²) >= 11 is 6.21. The second-order valence-electron chi connectivity index (χ2n) is 5.81. The summed E-state index contributed by atoms with van der Waals surface area (Å²) in [6.45, 7) is 4.37. The molecule has 126 valence electrons. The van der Waals surface area contributed by atoms with Gasteiger partial charge in [-0.3, -0.25) is 9.91 Å². The molecule has 0 unspecified atom stereocenters. The van der Waals surface area contributed by atoms with Crippen LogP contribution in [0.3, 0.4) is 0 Å². The first-order valence-electron chi connectivity index (χ1n) is 7.88. The molecular weight excluding hydrogens is 326 g/mol. The Morgan fingerprint density at radius 1 is 1.00 bits per heavy atom. The van der Waals surface area contributed by atoms with Crippen molar-refractivity contribution in [2.45, 2.75) is 6.54 Å². The number of rotatable bonds is 4. The van der Waals surface area contributed by atoms with Gasteiger partial charge in [0.1, 0.15) is 0 Å². The van der Waals surface area contributed by atoms with Gasteiger partial charge in [-0.25, -0.2) is 0 Å². The van der Waals surface area contributed by atoms with Gasteiger partial charge in [0.15, 0.2) is 11.5 Å². The molecule has 0 radical (unpaired) electrons. The first-order valence-corrected chi connectivity index (χ1v) is 8.26. The number of benzene rings is 2.